The first-order valence-electron chi connectivity index (χ1n) is 4.27. The van der Waals surface area contributed by atoms with Crippen molar-refractivity contribution in [3.8, 4) is 0 Å². The minimum atomic E-state index is 0.526. The Bertz CT molecular complexity index is 112. The molecule has 10 heavy (non-hydrogen) atoms. The maximum Gasteiger partial charge on any atom is 0.00494 e. The van der Waals surface area contributed by atoms with Crippen LogP contribution in [0.2, 0.25) is 0 Å². The van der Waals surface area contributed by atoms with Gasteiger partial charge in [0.1, 0.15) is 0 Å². The summed E-state index contributed by atoms with van der Waals surface area (Å²) in [7, 11) is 0. The fraction of sp³-hybridized carbons (Fsp3) is 1.00. The molecule has 2 aliphatic rings. The van der Waals surface area contributed by atoms with E-state index in [1.54, 1.807) is 0 Å². The topological polar surface area (TPSA) is 38.0 Å². The van der Waals surface area contributed by atoms with Crippen LogP contribution in [-0.2, 0) is 0 Å². The van der Waals surface area contributed by atoms with Gasteiger partial charge in [-0.15, -0.1) is 0 Å². The van der Waals surface area contributed by atoms with Gasteiger partial charge in [0.05, 0.1) is 0 Å². The van der Waals surface area contributed by atoms with Gasteiger partial charge in [-0.2, -0.15) is 0 Å². The van der Waals surface area contributed by atoms with Gasteiger partial charge in [-0.1, -0.05) is 0 Å². The lowest BCUT2D eigenvalue weighted by Gasteiger charge is -2.49. The van der Waals surface area contributed by atoms with Gasteiger partial charge in [0.15, 0.2) is 0 Å². The van der Waals surface area contributed by atoms with Crippen LogP contribution in [0.25, 0.3) is 0 Å². The summed E-state index contributed by atoms with van der Waals surface area (Å²) in [6.07, 6.45) is 5.30. The Morgan fingerprint density at radius 1 is 1.20 bits per heavy atom. The smallest absolute Gasteiger partial charge is 0.00494 e. The van der Waals surface area contributed by atoms with Gasteiger partial charge in [0.25, 0.3) is 0 Å². The molecule has 0 unspecified atom stereocenters. The number of nitrogens with one attached hydrogen (secondary N) is 1. The SMILES string of the molecule is NC1CC2(CCNCC2)C1. The lowest BCUT2D eigenvalue weighted by molar-refractivity contribution is 0.0635. The fourth-order valence-corrected chi connectivity index (χ4v) is 2.42. The minimum Gasteiger partial charge on any atom is -0.328 e. The Morgan fingerprint density at radius 3 is 2.30 bits per heavy atom. The summed E-state index contributed by atoms with van der Waals surface area (Å²) in [5.74, 6) is 0. The van der Waals surface area contributed by atoms with E-state index in [4.69, 9.17) is 5.73 Å². The van der Waals surface area contributed by atoms with Crippen LogP contribution >= 0.6 is 0 Å². The van der Waals surface area contributed by atoms with Gasteiger partial charge in [-0.05, 0) is 44.2 Å². The summed E-state index contributed by atoms with van der Waals surface area (Å²) in [4.78, 5) is 0. The summed E-state index contributed by atoms with van der Waals surface area (Å²) >= 11 is 0. The molecule has 0 radical (unpaired) electrons. The number of hydrogen-bond acceptors (Lipinski definition) is 2. The number of rotatable bonds is 0. The lowest BCUT2D eigenvalue weighted by Crippen LogP contribution is -2.51. The summed E-state index contributed by atoms with van der Waals surface area (Å²) in [6.45, 7) is 2.43. The van der Waals surface area contributed by atoms with Gasteiger partial charge >= 0.3 is 0 Å². The molecule has 2 fully saturated rings. The van der Waals surface area contributed by atoms with Gasteiger partial charge in [0.2, 0.25) is 0 Å². The van der Waals surface area contributed by atoms with Crippen molar-refractivity contribution in [2.75, 3.05) is 13.1 Å². The van der Waals surface area contributed by atoms with Crippen LogP contribution < -0.4 is 11.1 Å². The third-order valence-corrected chi connectivity index (χ3v) is 3.05. The van der Waals surface area contributed by atoms with Gasteiger partial charge in [-0.25, -0.2) is 0 Å². The molecule has 0 amide bonds. The number of piperidine rings is 1. The third kappa shape index (κ3) is 0.956. The second kappa shape index (κ2) is 2.21. The van der Waals surface area contributed by atoms with E-state index < -0.39 is 0 Å². The molecule has 3 N–H and O–H groups in total. The summed E-state index contributed by atoms with van der Waals surface area (Å²) < 4.78 is 0. The molecule has 0 bridgehead atoms. The van der Waals surface area contributed by atoms with Gasteiger partial charge < -0.3 is 11.1 Å². The van der Waals surface area contributed by atoms with Crippen molar-refractivity contribution in [3.63, 3.8) is 0 Å². The first kappa shape index (κ1) is 6.62. The van der Waals surface area contributed by atoms with Crippen molar-refractivity contribution < 1.29 is 0 Å². The van der Waals surface area contributed by atoms with Crippen LogP contribution in [0.4, 0.5) is 0 Å². The first-order valence-corrected chi connectivity index (χ1v) is 4.27. The van der Waals surface area contributed by atoms with Gasteiger partial charge in [-0.3, -0.25) is 0 Å². The Balaban J connectivity index is 1.90. The normalized spacial score (nSPS) is 32.1. The van der Waals surface area contributed by atoms with E-state index >= 15 is 0 Å². The molecule has 58 valence electrons. The first-order chi connectivity index (χ1) is 4.81. The minimum absolute atomic E-state index is 0.526. The van der Waals surface area contributed by atoms with Crippen molar-refractivity contribution in [3.05, 3.63) is 0 Å². The van der Waals surface area contributed by atoms with E-state index in [2.05, 4.69) is 5.32 Å². The molecule has 1 heterocycles. The maximum absolute atomic E-state index is 5.76. The Labute approximate surface area is 62.2 Å². The molecule has 1 aliphatic carbocycles. The second-order valence-corrected chi connectivity index (χ2v) is 3.92. The Morgan fingerprint density at radius 2 is 1.80 bits per heavy atom. The highest BCUT2D eigenvalue weighted by Gasteiger charge is 2.42. The van der Waals surface area contributed by atoms with Crippen LogP contribution in [-0.4, -0.2) is 19.1 Å². The van der Waals surface area contributed by atoms with Crippen molar-refractivity contribution >= 4 is 0 Å². The average Bonchev–Trinajstić information content (AvgIpc) is 1.87. The Kier molecular flexibility index (Phi) is 1.46. The summed E-state index contributed by atoms with van der Waals surface area (Å²) in [5.41, 5.74) is 6.45. The second-order valence-electron chi connectivity index (χ2n) is 3.92. The van der Waals surface area contributed by atoms with Crippen LogP contribution in [0.15, 0.2) is 0 Å². The highest BCUT2D eigenvalue weighted by atomic mass is 14.9. The van der Waals surface area contributed by atoms with E-state index in [-0.39, 0.29) is 0 Å². The molecular weight excluding hydrogens is 124 g/mol. The largest absolute Gasteiger partial charge is 0.328 e. The lowest BCUT2D eigenvalue weighted by atomic mass is 9.61. The zero-order chi connectivity index (χ0) is 7.03. The number of hydrogen-bond donors (Lipinski definition) is 2. The van der Waals surface area contributed by atoms with E-state index in [1.165, 1.54) is 38.8 Å². The molecule has 2 rings (SSSR count). The summed E-state index contributed by atoms with van der Waals surface area (Å²) in [5, 5.41) is 3.38. The van der Waals surface area contributed by atoms with E-state index in [0.717, 1.165) is 0 Å². The zero-order valence-electron chi connectivity index (χ0n) is 6.40. The van der Waals surface area contributed by atoms with Crippen molar-refractivity contribution in [1.82, 2.24) is 5.32 Å². The van der Waals surface area contributed by atoms with Crippen LogP contribution in [0, 0.1) is 5.41 Å². The maximum atomic E-state index is 5.76. The highest BCUT2D eigenvalue weighted by Crippen LogP contribution is 2.46. The molecule has 2 nitrogen and oxygen atoms in total. The molecule has 2 heteroatoms. The molecule has 0 aromatic carbocycles. The molecule has 0 atom stereocenters. The van der Waals surface area contributed by atoms with E-state index in [9.17, 15) is 0 Å². The van der Waals surface area contributed by atoms with Crippen LogP contribution in [0.3, 0.4) is 0 Å². The molecular formula is C8H16N2. The van der Waals surface area contributed by atoms with Crippen molar-refractivity contribution in [2.45, 2.75) is 31.7 Å². The van der Waals surface area contributed by atoms with Crippen molar-refractivity contribution in [1.29, 1.82) is 0 Å². The molecule has 1 saturated carbocycles. The van der Waals surface area contributed by atoms with Gasteiger partial charge in [0, 0.05) is 6.04 Å². The monoisotopic (exact) mass is 140 g/mol. The molecule has 1 spiro atoms. The average molecular weight is 140 g/mol. The van der Waals surface area contributed by atoms with E-state index in [0.29, 0.717) is 11.5 Å². The fourth-order valence-electron chi connectivity index (χ4n) is 2.42. The zero-order valence-corrected chi connectivity index (χ0v) is 6.40. The van der Waals surface area contributed by atoms with E-state index in [1.807, 2.05) is 0 Å². The molecule has 1 aliphatic heterocycles. The molecule has 0 aromatic rings. The van der Waals surface area contributed by atoms with Crippen molar-refractivity contribution in [2.24, 2.45) is 11.1 Å². The highest BCUT2D eigenvalue weighted by molar-refractivity contribution is 4.98. The Hall–Kier alpha value is -0.0800. The number of nitrogens with two attached hydrogens (primary N) is 1. The summed E-state index contributed by atoms with van der Waals surface area (Å²) in [6, 6.07) is 0.526. The van der Waals surface area contributed by atoms with Crippen LogP contribution in [0.5, 0.6) is 0 Å². The predicted octanol–water partition coefficient (Wildman–Crippen LogP) is 0.477. The molecule has 0 aromatic heterocycles. The van der Waals surface area contributed by atoms with Crippen LogP contribution in [0.1, 0.15) is 25.7 Å². The third-order valence-electron chi connectivity index (χ3n) is 3.05. The quantitative estimate of drug-likeness (QED) is 0.513. The standard InChI is InChI=1S/C8H16N2/c9-7-5-8(6-7)1-3-10-4-2-8/h7,10H,1-6,9H2. The predicted molar refractivity (Wildman–Crippen MR) is 41.7 cm³/mol. The molecule has 1 saturated heterocycles.